The number of hydrogen-bond acceptors (Lipinski definition) is 2. The van der Waals surface area contributed by atoms with E-state index in [9.17, 15) is 14.7 Å². The molecule has 5 nitrogen and oxygen atoms in total. The van der Waals surface area contributed by atoms with Gasteiger partial charge in [0.05, 0.1) is 0 Å². The number of amides is 2. The fourth-order valence-corrected chi connectivity index (χ4v) is 2.37. The molecule has 0 aromatic heterocycles. The molecule has 0 heterocycles. The van der Waals surface area contributed by atoms with Gasteiger partial charge in [0.25, 0.3) is 0 Å². The SMILES string of the molecule is CN(Cc1ccc(Cl)cc1)C(=O)NC(C)(C(=O)O)C1CC1. The van der Waals surface area contributed by atoms with Crippen molar-refractivity contribution in [1.82, 2.24) is 10.2 Å². The zero-order valence-electron chi connectivity index (χ0n) is 12.1. The molecular weight excluding hydrogens is 292 g/mol. The molecular formula is C15H19ClN2O3. The van der Waals surface area contributed by atoms with Gasteiger partial charge in [0.15, 0.2) is 0 Å². The third-order valence-electron chi connectivity index (χ3n) is 3.88. The molecule has 1 aromatic rings. The number of carboxylic acid groups (broad SMARTS) is 1. The van der Waals surface area contributed by atoms with Crippen LogP contribution in [0.2, 0.25) is 5.02 Å². The first-order valence-electron chi connectivity index (χ1n) is 6.84. The van der Waals surface area contributed by atoms with Crippen LogP contribution in [0, 0.1) is 5.92 Å². The molecule has 0 spiro atoms. The number of halogens is 1. The Morgan fingerprint density at radius 1 is 1.38 bits per heavy atom. The Morgan fingerprint density at radius 3 is 2.43 bits per heavy atom. The van der Waals surface area contributed by atoms with Crippen molar-refractivity contribution >= 4 is 23.6 Å². The van der Waals surface area contributed by atoms with Gasteiger partial charge in [0.1, 0.15) is 5.54 Å². The van der Waals surface area contributed by atoms with Crippen LogP contribution >= 0.6 is 11.6 Å². The second-order valence-corrected chi connectivity index (χ2v) is 6.13. The van der Waals surface area contributed by atoms with Crippen molar-refractivity contribution in [3.63, 3.8) is 0 Å². The Balaban J connectivity index is 1.98. The lowest BCUT2D eigenvalue weighted by Gasteiger charge is -2.29. The molecule has 6 heteroatoms. The molecule has 1 fully saturated rings. The standard InChI is InChI=1S/C15H19ClN2O3/c1-15(13(19)20,11-5-6-11)17-14(21)18(2)9-10-3-7-12(16)8-4-10/h3-4,7-8,11H,5-6,9H2,1-2H3,(H,17,21)(H,19,20). The number of urea groups is 1. The van der Waals surface area contributed by atoms with Crippen molar-refractivity contribution in [2.45, 2.75) is 31.8 Å². The number of benzene rings is 1. The van der Waals surface area contributed by atoms with Gasteiger partial charge in [-0.05, 0) is 43.4 Å². The maximum absolute atomic E-state index is 12.2. The minimum absolute atomic E-state index is 0.0166. The number of nitrogens with one attached hydrogen (secondary N) is 1. The predicted octanol–water partition coefficient (Wildman–Crippen LogP) is 2.73. The molecule has 1 unspecified atom stereocenters. The minimum Gasteiger partial charge on any atom is -0.480 e. The van der Waals surface area contributed by atoms with E-state index in [1.54, 1.807) is 26.1 Å². The summed E-state index contributed by atoms with van der Waals surface area (Å²) in [5.74, 6) is -0.971. The number of carbonyl (C=O) groups is 2. The fourth-order valence-electron chi connectivity index (χ4n) is 2.24. The van der Waals surface area contributed by atoms with E-state index in [1.165, 1.54) is 4.90 Å². The first kappa shape index (κ1) is 15.6. The van der Waals surface area contributed by atoms with Crippen LogP contribution in [0.25, 0.3) is 0 Å². The van der Waals surface area contributed by atoms with Gasteiger partial charge in [-0.25, -0.2) is 9.59 Å². The molecule has 2 rings (SSSR count). The average Bonchev–Trinajstić information content (AvgIpc) is 3.25. The summed E-state index contributed by atoms with van der Waals surface area (Å²) < 4.78 is 0. The quantitative estimate of drug-likeness (QED) is 0.878. The van der Waals surface area contributed by atoms with Gasteiger partial charge in [0.2, 0.25) is 0 Å². The van der Waals surface area contributed by atoms with Gasteiger partial charge >= 0.3 is 12.0 Å². The van der Waals surface area contributed by atoms with Gasteiger partial charge in [-0.2, -0.15) is 0 Å². The maximum atomic E-state index is 12.2. The van der Waals surface area contributed by atoms with Gasteiger partial charge in [-0.3, -0.25) is 0 Å². The number of nitrogens with zero attached hydrogens (tertiary/aromatic N) is 1. The molecule has 1 aliphatic carbocycles. The molecule has 0 aliphatic heterocycles. The predicted molar refractivity (Wildman–Crippen MR) is 80.2 cm³/mol. The minimum atomic E-state index is -1.19. The van der Waals surface area contributed by atoms with E-state index in [0.29, 0.717) is 11.6 Å². The molecule has 1 atom stereocenters. The van der Waals surface area contributed by atoms with E-state index < -0.39 is 11.5 Å². The van der Waals surface area contributed by atoms with Gasteiger partial charge < -0.3 is 15.3 Å². The maximum Gasteiger partial charge on any atom is 0.329 e. The Bertz CT molecular complexity index is 542. The van der Waals surface area contributed by atoms with Crippen LogP contribution in [0.1, 0.15) is 25.3 Å². The van der Waals surface area contributed by atoms with Crippen molar-refractivity contribution in [1.29, 1.82) is 0 Å². The largest absolute Gasteiger partial charge is 0.480 e. The molecule has 0 bridgehead atoms. The summed E-state index contributed by atoms with van der Waals surface area (Å²) in [6.07, 6.45) is 1.67. The monoisotopic (exact) mass is 310 g/mol. The van der Waals surface area contributed by atoms with E-state index in [1.807, 2.05) is 12.1 Å². The third-order valence-corrected chi connectivity index (χ3v) is 4.14. The van der Waals surface area contributed by atoms with E-state index >= 15 is 0 Å². The second-order valence-electron chi connectivity index (χ2n) is 5.69. The third kappa shape index (κ3) is 3.67. The summed E-state index contributed by atoms with van der Waals surface area (Å²) in [5.41, 5.74) is -0.258. The zero-order valence-corrected chi connectivity index (χ0v) is 12.9. The number of rotatable bonds is 5. The lowest BCUT2D eigenvalue weighted by molar-refractivity contribution is -0.144. The molecule has 1 saturated carbocycles. The smallest absolute Gasteiger partial charge is 0.329 e. The Kier molecular flexibility index (Phi) is 4.42. The number of aliphatic carboxylic acids is 1. The normalized spacial score (nSPS) is 16.9. The summed E-state index contributed by atoms with van der Waals surface area (Å²) in [6.45, 7) is 1.96. The summed E-state index contributed by atoms with van der Waals surface area (Å²) in [7, 11) is 1.64. The molecule has 2 amide bonds. The molecule has 1 aromatic carbocycles. The van der Waals surface area contributed by atoms with Crippen LogP contribution in [0.15, 0.2) is 24.3 Å². The zero-order chi connectivity index (χ0) is 15.6. The highest BCUT2D eigenvalue weighted by Gasteiger charge is 2.48. The summed E-state index contributed by atoms with van der Waals surface area (Å²) >= 11 is 5.82. The second kappa shape index (κ2) is 5.93. The van der Waals surface area contributed by atoms with Crippen molar-refractivity contribution < 1.29 is 14.7 Å². The van der Waals surface area contributed by atoms with Crippen LogP contribution in [0.5, 0.6) is 0 Å². The molecule has 0 radical (unpaired) electrons. The van der Waals surface area contributed by atoms with Crippen LogP contribution in [0.3, 0.4) is 0 Å². The first-order chi connectivity index (χ1) is 9.83. The van der Waals surface area contributed by atoms with Crippen molar-refractivity contribution in [2.24, 2.45) is 5.92 Å². The van der Waals surface area contributed by atoms with E-state index in [0.717, 1.165) is 18.4 Å². The number of carbonyl (C=O) groups excluding carboxylic acids is 1. The molecule has 114 valence electrons. The summed E-state index contributed by atoms with van der Waals surface area (Å²) in [5, 5.41) is 12.6. The molecule has 2 N–H and O–H groups in total. The lowest BCUT2D eigenvalue weighted by atomic mass is 9.96. The van der Waals surface area contributed by atoms with Crippen molar-refractivity contribution in [3.8, 4) is 0 Å². The summed E-state index contributed by atoms with van der Waals surface area (Å²) in [6, 6.07) is 6.80. The van der Waals surface area contributed by atoms with Crippen molar-refractivity contribution in [2.75, 3.05) is 7.05 Å². The molecule has 21 heavy (non-hydrogen) atoms. The highest BCUT2D eigenvalue weighted by Crippen LogP contribution is 2.39. The molecule has 0 saturated heterocycles. The van der Waals surface area contributed by atoms with Gasteiger partial charge in [0, 0.05) is 18.6 Å². The van der Waals surface area contributed by atoms with Crippen LogP contribution in [0.4, 0.5) is 4.79 Å². The molecule has 1 aliphatic rings. The van der Waals surface area contributed by atoms with E-state index in [4.69, 9.17) is 11.6 Å². The Hall–Kier alpha value is -1.75. The Labute approximate surface area is 128 Å². The number of carboxylic acids is 1. The van der Waals surface area contributed by atoms with Crippen LogP contribution in [-0.4, -0.2) is 34.6 Å². The van der Waals surface area contributed by atoms with E-state index in [2.05, 4.69) is 5.32 Å². The van der Waals surface area contributed by atoms with Crippen molar-refractivity contribution in [3.05, 3.63) is 34.9 Å². The highest BCUT2D eigenvalue weighted by molar-refractivity contribution is 6.30. The topological polar surface area (TPSA) is 69.6 Å². The van der Waals surface area contributed by atoms with Crippen LogP contribution < -0.4 is 5.32 Å². The van der Waals surface area contributed by atoms with Crippen LogP contribution in [-0.2, 0) is 11.3 Å². The van der Waals surface area contributed by atoms with E-state index in [-0.39, 0.29) is 11.9 Å². The first-order valence-corrected chi connectivity index (χ1v) is 7.22. The summed E-state index contributed by atoms with van der Waals surface area (Å²) in [4.78, 5) is 25.1. The van der Waals surface area contributed by atoms with Gasteiger partial charge in [-0.1, -0.05) is 23.7 Å². The highest BCUT2D eigenvalue weighted by atomic mass is 35.5. The number of hydrogen-bond donors (Lipinski definition) is 2. The Morgan fingerprint density at radius 2 is 1.95 bits per heavy atom. The lowest BCUT2D eigenvalue weighted by Crippen LogP contribution is -2.56. The van der Waals surface area contributed by atoms with Gasteiger partial charge in [-0.15, -0.1) is 0 Å². The fraction of sp³-hybridized carbons (Fsp3) is 0.467. The average molecular weight is 311 g/mol.